The van der Waals surface area contributed by atoms with Crippen LogP contribution < -0.4 is 4.90 Å². The minimum absolute atomic E-state index is 0.174. The Kier molecular flexibility index (Phi) is 4.89. The summed E-state index contributed by atoms with van der Waals surface area (Å²) in [6.45, 7) is 9.37. The van der Waals surface area contributed by atoms with Crippen LogP contribution in [0, 0.1) is 5.41 Å². The van der Waals surface area contributed by atoms with Gasteiger partial charge in [0.05, 0.1) is 5.52 Å². The molecule has 1 aromatic carbocycles. The predicted octanol–water partition coefficient (Wildman–Crippen LogP) is 4.25. The highest BCUT2D eigenvalue weighted by molar-refractivity contribution is 5.89. The molecule has 3 heterocycles. The van der Waals surface area contributed by atoms with Crippen molar-refractivity contribution in [1.82, 2.24) is 14.9 Å². The predicted molar refractivity (Wildman–Crippen MR) is 110 cm³/mol. The van der Waals surface area contributed by atoms with Crippen LogP contribution in [0.4, 0.5) is 10.6 Å². The van der Waals surface area contributed by atoms with Gasteiger partial charge in [0, 0.05) is 31.6 Å². The number of anilines is 1. The van der Waals surface area contributed by atoms with Gasteiger partial charge >= 0.3 is 6.09 Å². The summed E-state index contributed by atoms with van der Waals surface area (Å²) in [6, 6.07) is 8.21. The quantitative estimate of drug-likeness (QED) is 0.738. The van der Waals surface area contributed by atoms with Gasteiger partial charge in [0.2, 0.25) is 0 Å². The third kappa shape index (κ3) is 3.91. The van der Waals surface area contributed by atoms with Gasteiger partial charge in [-0.2, -0.15) is 0 Å². The van der Waals surface area contributed by atoms with Crippen molar-refractivity contribution in [1.29, 1.82) is 0 Å². The number of benzene rings is 1. The number of nitrogens with zero attached hydrogens (tertiary/aromatic N) is 4. The highest BCUT2D eigenvalue weighted by Crippen LogP contribution is 2.42. The Morgan fingerprint density at radius 3 is 2.32 bits per heavy atom. The zero-order valence-electron chi connectivity index (χ0n) is 17.1. The lowest BCUT2D eigenvalue weighted by Crippen LogP contribution is -2.49. The molecule has 0 atom stereocenters. The molecule has 0 unspecified atom stereocenters. The van der Waals surface area contributed by atoms with Crippen molar-refractivity contribution in [2.24, 2.45) is 5.41 Å². The van der Waals surface area contributed by atoms with Gasteiger partial charge < -0.3 is 14.5 Å². The van der Waals surface area contributed by atoms with E-state index in [0.29, 0.717) is 5.41 Å². The Morgan fingerprint density at radius 1 is 1.00 bits per heavy atom. The molecule has 0 saturated carbocycles. The van der Waals surface area contributed by atoms with Crippen LogP contribution in [0.3, 0.4) is 0 Å². The number of carbonyl (C=O) groups excluding carboxylic acids is 1. The molecule has 1 amide bonds. The number of rotatable bonds is 1. The summed E-state index contributed by atoms with van der Waals surface area (Å²) < 4.78 is 5.53. The van der Waals surface area contributed by atoms with Crippen molar-refractivity contribution in [3.8, 4) is 0 Å². The third-order valence-corrected chi connectivity index (χ3v) is 6.12. The fourth-order valence-electron chi connectivity index (χ4n) is 4.43. The smallest absolute Gasteiger partial charge is 0.410 e. The number of para-hydroxylation sites is 1. The number of hydrogen-bond acceptors (Lipinski definition) is 5. The summed E-state index contributed by atoms with van der Waals surface area (Å²) >= 11 is 0. The first-order valence-electron chi connectivity index (χ1n) is 10.3. The van der Waals surface area contributed by atoms with Crippen LogP contribution in [-0.4, -0.2) is 52.7 Å². The van der Waals surface area contributed by atoms with Crippen molar-refractivity contribution in [2.75, 3.05) is 31.1 Å². The third-order valence-electron chi connectivity index (χ3n) is 6.12. The highest BCUT2D eigenvalue weighted by atomic mass is 16.6. The number of carbonyl (C=O) groups is 1. The average Bonchev–Trinajstić information content (AvgIpc) is 2.67. The minimum atomic E-state index is -0.433. The molecule has 1 spiro atoms. The number of ether oxygens (including phenoxy) is 1. The van der Waals surface area contributed by atoms with E-state index < -0.39 is 5.60 Å². The molecule has 0 radical (unpaired) electrons. The Morgan fingerprint density at radius 2 is 1.64 bits per heavy atom. The van der Waals surface area contributed by atoms with E-state index in [1.807, 2.05) is 43.9 Å². The first-order valence-corrected chi connectivity index (χ1v) is 10.3. The highest BCUT2D eigenvalue weighted by Gasteiger charge is 2.39. The maximum absolute atomic E-state index is 12.3. The molecule has 0 aliphatic carbocycles. The van der Waals surface area contributed by atoms with Gasteiger partial charge in [-0.3, -0.25) is 0 Å². The zero-order valence-corrected chi connectivity index (χ0v) is 17.1. The lowest BCUT2D eigenvalue weighted by atomic mass is 9.71. The first-order chi connectivity index (χ1) is 13.4. The molecule has 28 heavy (non-hydrogen) atoms. The van der Waals surface area contributed by atoms with Crippen LogP contribution in [0.5, 0.6) is 0 Å². The molecule has 6 heteroatoms. The number of piperidine rings is 2. The van der Waals surface area contributed by atoms with Crippen molar-refractivity contribution in [2.45, 2.75) is 52.1 Å². The van der Waals surface area contributed by atoms with Crippen molar-refractivity contribution < 1.29 is 9.53 Å². The molecular weight excluding hydrogens is 352 g/mol. The lowest BCUT2D eigenvalue weighted by molar-refractivity contribution is 0.00665. The summed E-state index contributed by atoms with van der Waals surface area (Å²) in [4.78, 5) is 25.6. The fraction of sp³-hybridized carbons (Fsp3) is 0.591. The number of amides is 1. The standard InChI is InChI=1S/C22H30N4O2/c1-21(2,3)28-20(27)26-14-10-22(11-15-26)8-12-25(13-9-22)19-17-6-4-5-7-18(17)23-16-24-19/h4-7,16H,8-15H2,1-3H3. The molecular formula is C22H30N4O2. The van der Waals surface area contributed by atoms with Gasteiger partial charge in [-0.1, -0.05) is 12.1 Å². The normalized spacial score (nSPS) is 19.8. The van der Waals surface area contributed by atoms with E-state index in [1.165, 1.54) is 0 Å². The van der Waals surface area contributed by atoms with Crippen LogP contribution in [0.1, 0.15) is 46.5 Å². The maximum atomic E-state index is 12.3. The molecule has 2 aliphatic heterocycles. The maximum Gasteiger partial charge on any atom is 0.410 e. The van der Waals surface area contributed by atoms with Crippen LogP contribution in [0.15, 0.2) is 30.6 Å². The van der Waals surface area contributed by atoms with Crippen LogP contribution in [0.25, 0.3) is 10.9 Å². The van der Waals surface area contributed by atoms with E-state index in [4.69, 9.17) is 4.74 Å². The van der Waals surface area contributed by atoms with E-state index in [0.717, 1.165) is 68.6 Å². The topological polar surface area (TPSA) is 58.6 Å². The van der Waals surface area contributed by atoms with Gasteiger partial charge in [-0.15, -0.1) is 0 Å². The van der Waals surface area contributed by atoms with E-state index >= 15 is 0 Å². The molecule has 0 N–H and O–H groups in total. The van der Waals surface area contributed by atoms with Crippen molar-refractivity contribution >= 4 is 22.8 Å². The van der Waals surface area contributed by atoms with Crippen LogP contribution in [0.2, 0.25) is 0 Å². The molecule has 150 valence electrons. The van der Waals surface area contributed by atoms with Gasteiger partial charge in [0.1, 0.15) is 17.7 Å². The number of likely N-dealkylation sites (tertiary alicyclic amines) is 1. The number of aromatic nitrogens is 2. The fourth-order valence-corrected chi connectivity index (χ4v) is 4.43. The minimum Gasteiger partial charge on any atom is -0.444 e. The molecule has 2 aromatic rings. The molecule has 0 bridgehead atoms. The lowest BCUT2D eigenvalue weighted by Gasteiger charge is -2.47. The van der Waals surface area contributed by atoms with Gasteiger partial charge in [-0.05, 0) is 64.0 Å². The van der Waals surface area contributed by atoms with E-state index in [9.17, 15) is 4.79 Å². The molecule has 2 aliphatic rings. The molecule has 2 saturated heterocycles. The van der Waals surface area contributed by atoms with Crippen molar-refractivity contribution in [3.63, 3.8) is 0 Å². The molecule has 4 rings (SSSR count). The second kappa shape index (κ2) is 7.22. The van der Waals surface area contributed by atoms with E-state index in [1.54, 1.807) is 6.33 Å². The second-order valence-corrected chi connectivity index (χ2v) is 9.17. The number of hydrogen-bond donors (Lipinski definition) is 0. The van der Waals surface area contributed by atoms with Gasteiger partial charge in [-0.25, -0.2) is 14.8 Å². The summed E-state index contributed by atoms with van der Waals surface area (Å²) in [6.07, 6.45) is 5.91. The summed E-state index contributed by atoms with van der Waals surface area (Å²) in [5.41, 5.74) is 0.911. The Balaban J connectivity index is 1.38. The summed E-state index contributed by atoms with van der Waals surface area (Å²) in [5, 5.41) is 1.13. The first kappa shape index (κ1) is 19.0. The molecule has 1 aromatic heterocycles. The average molecular weight is 383 g/mol. The van der Waals surface area contributed by atoms with Crippen LogP contribution >= 0.6 is 0 Å². The van der Waals surface area contributed by atoms with Crippen LogP contribution in [-0.2, 0) is 4.74 Å². The Hall–Kier alpha value is -2.37. The Labute approximate surface area is 166 Å². The van der Waals surface area contributed by atoms with E-state index in [-0.39, 0.29) is 6.09 Å². The van der Waals surface area contributed by atoms with Gasteiger partial charge in [0.15, 0.2) is 0 Å². The van der Waals surface area contributed by atoms with Gasteiger partial charge in [0.25, 0.3) is 0 Å². The van der Waals surface area contributed by atoms with Crippen molar-refractivity contribution in [3.05, 3.63) is 30.6 Å². The number of fused-ring (bicyclic) bond motifs is 1. The Bertz CT molecular complexity index is 838. The molecule has 2 fully saturated rings. The monoisotopic (exact) mass is 382 g/mol. The largest absolute Gasteiger partial charge is 0.444 e. The second-order valence-electron chi connectivity index (χ2n) is 9.17. The SMILES string of the molecule is CC(C)(C)OC(=O)N1CCC2(CC1)CCN(c1ncnc3ccccc13)CC2. The molecule has 6 nitrogen and oxygen atoms in total. The summed E-state index contributed by atoms with van der Waals surface area (Å²) in [7, 11) is 0. The summed E-state index contributed by atoms with van der Waals surface area (Å²) in [5.74, 6) is 1.05. The zero-order chi connectivity index (χ0) is 19.8. The van der Waals surface area contributed by atoms with E-state index in [2.05, 4.69) is 20.9 Å².